The summed E-state index contributed by atoms with van der Waals surface area (Å²) in [7, 11) is 0. The van der Waals surface area contributed by atoms with E-state index in [2.05, 4.69) is 5.32 Å². The molecule has 2 aliphatic rings. The number of fused-ring (bicyclic) bond motifs is 3. The average molecular weight is 578 g/mol. The maximum Gasteiger partial charge on any atom is 0.338 e. The molecule has 1 aliphatic carbocycles. The van der Waals surface area contributed by atoms with E-state index >= 15 is 0 Å². The fourth-order valence-electron chi connectivity index (χ4n) is 5.39. The highest BCUT2D eigenvalue weighted by Crippen LogP contribution is 2.58. The lowest BCUT2D eigenvalue weighted by atomic mass is 9.77. The smallest absolute Gasteiger partial charge is 0.338 e. The van der Waals surface area contributed by atoms with Crippen LogP contribution in [0.4, 0.5) is 11.4 Å². The van der Waals surface area contributed by atoms with Gasteiger partial charge in [-0.25, -0.2) is 4.79 Å². The molecule has 0 amide bonds. The van der Waals surface area contributed by atoms with E-state index in [1.165, 1.54) is 17.8 Å². The molecule has 1 N–H and O–H groups in total. The summed E-state index contributed by atoms with van der Waals surface area (Å²) in [6.45, 7) is 2.05. The Morgan fingerprint density at radius 2 is 1.92 bits per heavy atom. The Labute approximate surface area is 233 Å². The van der Waals surface area contributed by atoms with Gasteiger partial charge in [-0.1, -0.05) is 41.4 Å². The third-order valence-corrected chi connectivity index (χ3v) is 9.64. The maximum absolute atomic E-state index is 12.5. The van der Waals surface area contributed by atoms with E-state index in [9.17, 15) is 14.9 Å². The summed E-state index contributed by atoms with van der Waals surface area (Å²) >= 11 is 21.4. The van der Waals surface area contributed by atoms with Gasteiger partial charge in [-0.2, -0.15) is 0 Å². The van der Waals surface area contributed by atoms with Crippen molar-refractivity contribution in [3.05, 3.63) is 97.5 Å². The summed E-state index contributed by atoms with van der Waals surface area (Å²) in [5.74, 6) is -0.490. The molecule has 1 saturated carbocycles. The number of nitrogens with one attached hydrogen (secondary N) is 1. The molecular formula is C27H23Cl3N2O4S. The molecule has 0 saturated heterocycles. The van der Waals surface area contributed by atoms with Gasteiger partial charge in [0, 0.05) is 33.0 Å². The van der Waals surface area contributed by atoms with Crippen molar-refractivity contribution in [3.8, 4) is 0 Å². The number of para-hydroxylation sites is 1. The number of halogens is 3. The van der Waals surface area contributed by atoms with Gasteiger partial charge in [-0.15, -0.1) is 23.4 Å². The number of nitro benzene ring substituents is 1. The number of nitrogens with zero attached hydrogens (tertiary/aromatic N) is 1. The molecule has 0 aromatic heterocycles. The van der Waals surface area contributed by atoms with Crippen molar-refractivity contribution in [3.63, 3.8) is 0 Å². The third-order valence-electron chi connectivity index (χ3n) is 6.96. The van der Waals surface area contributed by atoms with E-state index in [1.807, 2.05) is 24.3 Å². The fraction of sp³-hybridized carbons (Fsp3) is 0.296. The van der Waals surface area contributed by atoms with Crippen LogP contribution in [0.2, 0.25) is 10.0 Å². The lowest BCUT2D eigenvalue weighted by molar-refractivity contribution is -0.387. The largest absolute Gasteiger partial charge is 0.462 e. The fourth-order valence-corrected chi connectivity index (χ4v) is 7.86. The van der Waals surface area contributed by atoms with Crippen LogP contribution in [0.1, 0.15) is 46.8 Å². The van der Waals surface area contributed by atoms with Crippen molar-refractivity contribution in [1.82, 2.24) is 0 Å². The van der Waals surface area contributed by atoms with Crippen molar-refractivity contribution >= 4 is 63.9 Å². The average Bonchev–Trinajstić information content (AvgIpc) is 3.20. The van der Waals surface area contributed by atoms with Gasteiger partial charge < -0.3 is 10.1 Å². The van der Waals surface area contributed by atoms with Gasteiger partial charge in [0.2, 0.25) is 0 Å². The first-order valence-electron chi connectivity index (χ1n) is 11.8. The summed E-state index contributed by atoms with van der Waals surface area (Å²) in [6.07, 6.45) is 0.690. The predicted octanol–water partition coefficient (Wildman–Crippen LogP) is 8.12. The Morgan fingerprint density at radius 1 is 1.14 bits per heavy atom. The van der Waals surface area contributed by atoms with Crippen LogP contribution in [0.5, 0.6) is 0 Å². The molecule has 0 spiro atoms. The zero-order chi connectivity index (χ0) is 26.3. The zero-order valence-electron chi connectivity index (χ0n) is 19.7. The van der Waals surface area contributed by atoms with E-state index in [-0.39, 0.29) is 51.7 Å². The SMILES string of the molecule is CCOC(=O)c1ccc2c(c1)[C@@H]1[C@@H](Cl)[C@@H](Sc3ccccc3[N+](=O)[O-])C[C@H]1[C@H](c1ccc(Cl)cc1Cl)N2. The second kappa shape index (κ2) is 10.7. The molecule has 6 nitrogen and oxygen atoms in total. The molecular weight excluding hydrogens is 555 g/mol. The molecule has 10 heteroatoms. The van der Waals surface area contributed by atoms with Crippen LogP contribution in [0.15, 0.2) is 65.6 Å². The standard InChI is InChI=1S/C27H23Cl3N2O4S/c1-2-36-27(33)14-7-10-20-17(11-14)24-18(26(31-20)16-9-8-15(28)12-19(16)29)13-23(25(24)30)37-22-6-4-3-5-21(22)32(34)35/h3-12,18,23-26,31H,2,13H2,1H3/t18-,23+,24+,25+,26+/m1/s1. The third kappa shape index (κ3) is 5.02. The monoisotopic (exact) mass is 576 g/mol. The van der Waals surface area contributed by atoms with Crippen molar-refractivity contribution in [2.75, 3.05) is 11.9 Å². The van der Waals surface area contributed by atoms with Gasteiger partial charge in [-0.05, 0) is 66.8 Å². The quantitative estimate of drug-likeness (QED) is 0.138. The number of alkyl halides is 1. The van der Waals surface area contributed by atoms with E-state index in [1.54, 1.807) is 37.3 Å². The Hall–Kier alpha value is -2.45. The molecule has 5 rings (SSSR count). The van der Waals surface area contributed by atoms with E-state index in [0.717, 1.165) is 16.8 Å². The van der Waals surface area contributed by atoms with Crippen molar-refractivity contribution in [1.29, 1.82) is 0 Å². The highest BCUT2D eigenvalue weighted by atomic mass is 35.5. The van der Waals surface area contributed by atoms with Gasteiger partial charge in [0.25, 0.3) is 5.69 Å². The van der Waals surface area contributed by atoms with E-state index in [0.29, 0.717) is 26.9 Å². The summed E-state index contributed by atoms with van der Waals surface area (Å²) in [5.41, 5.74) is 3.23. The lowest BCUT2D eigenvalue weighted by Crippen LogP contribution is -2.31. The Morgan fingerprint density at radius 3 is 2.65 bits per heavy atom. The highest BCUT2D eigenvalue weighted by Gasteiger charge is 2.51. The van der Waals surface area contributed by atoms with Crippen molar-refractivity contribution < 1.29 is 14.5 Å². The van der Waals surface area contributed by atoms with Crippen LogP contribution in [-0.4, -0.2) is 28.1 Å². The molecule has 0 unspecified atom stereocenters. The molecule has 192 valence electrons. The second-order valence-corrected chi connectivity index (χ2v) is 11.7. The van der Waals surface area contributed by atoms with Crippen LogP contribution in [0.3, 0.4) is 0 Å². The summed E-state index contributed by atoms with van der Waals surface area (Å²) in [4.78, 5) is 24.3. The molecule has 1 aliphatic heterocycles. The Bertz CT molecular complexity index is 1370. The van der Waals surface area contributed by atoms with Crippen LogP contribution >= 0.6 is 46.6 Å². The summed E-state index contributed by atoms with van der Waals surface area (Å²) in [5, 5.41) is 15.9. The lowest BCUT2D eigenvalue weighted by Gasteiger charge is -2.39. The normalized spacial score (nSPS) is 24.1. The summed E-state index contributed by atoms with van der Waals surface area (Å²) in [6, 6.07) is 17.5. The zero-order valence-corrected chi connectivity index (χ0v) is 22.8. The van der Waals surface area contributed by atoms with Gasteiger partial charge >= 0.3 is 5.97 Å². The molecule has 1 heterocycles. The van der Waals surface area contributed by atoms with E-state index < -0.39 is 0 Å². The minimum Gasteiger partial charge on any atom is -0.462 e. The van der Waals surface area contributed by atoms with Crippen LogP contribution < -0.4 is 5.32 Å². The maximum atomic E-state index is 12.5. The number of esters is 1. The first-order chi connectivity index (χ1) is 17.8. The number of carbonyl (C=O) groups excluding carboxylic acids is 1. The predicted molar refractivity (Wildman–Crippen MR) is 148 cm³/mol. The van der Waals surface area contributed by atoms with Gasteiger partial charge in [0.15, 0.2) is 0 Å². The molecule has 3 aromatic rings. The number of nitro groups is 1. The first kappa shape index (κ1) is 26.2. The van der Waals surface area contributed by atoms with E-state index in [4.69, 9.17) is 39.5 Å². The number of hydrogen-bond donors (Lipinski definition) is 1. The van der Waals surface area contributed by atoms with Gasteiger partial charge in [0.1, 0.15) is 0 Å². The molecule has 5 atom stereocenters. The number of benzene rings is 3. The van der Waals surface area contributed by atoms with Crippen molar-refractivity contribution in [2.45, 2.75) is 40.8 Å². The molecule has 3 aromatic carbocycles. The number of thioether (sulfide) groups is 1. The number of anilines is 1. The topological polar surface area (TPSA) is 81.5 Å². The minimum atomic E-state index is -0.389. The first-order valence-corrected chi connectivity index (χ1v) is 13.9. The van der Waals surface area contributed by atoms with Gasteiger partial charge in [-0.3, -0.25) is 10.1 Å². The Balaban J connectivity index is 1.57. The summed E-state index contributed by atoms with van der Waals surface area (Å²) < 4.78 is 5.22. The number of carbonyl (C=O) groups is 1. The minimum absolute atomic E-state index is 0.0198. The number of rotatable bonds is 6. The number of hydrogen-bond acceptors (Lipinski definition) is 6. The Kier molecular flexibility index (Phi) is 7.59. The second-order valence-electron chi connectivity index (χ2n) is 9.06. The molecule has 1 fully saturated rings. The number of ether oxygens (including phenoxy) is 1. The molecule has 0 bridgehead atoms. The van der Waals surface area contributed by atoms with Crippen LogP contribution in [0.25, 0.3) is 0 Å². The van der Waals surface area contributed by atoms with Crippen molar-refractivity contribution in [2.24, 2.45) is 5.92 Å². The highest BCUT2D eigenvalue weighted by molar-refractivity contribution is 8.00. The van der Waals surface area contributed by atoms with Gasteiger partial charge in [0.05, 0.1) is 33.4 Å². The van der Waals surface area contributed by atoms with Crippen LogP contribution in [0, 0.1) is 16.0 Å². The molecule has 0 radical (unpaired) electrons. The van der Waals surface area contributed by atoms with Crippen LogP contribution in [-0.2, 0) is 4.74 Å². The molecule has 37 heavy (non-hydrogen) atoms.